The number of hydrogen-bond acceptors (Lipinski definition) is 0. The lowest BCUT2D eigenvalue weighted by molar-refractivity contribution is 0.925. The molecule has 66 valence electrons. The van der Waals surface area contributed by atoms with Crippen molar-refractivity contribution in [2.75, 3.05) is 0 Å². The molecule has 0 spiro atoms. The standard InChI is InChI=1S/C13H14/c1-4-13(5-6-13)12-8-10(2)7-11(3)9-12/h1,7-9H,5-6H2,2-3H3. The normalized spacial score (nSPS) is 17.9. The van der Waals surface area contributed by atoms with E-state index in [1.807, 2.05) is 0 Å². The molecule has 0 bridgehead atoms. The van der Waals surface area contributed by atoms with E-state index in [2.05, 4.69) is 38.0 Å². The molecule has 0 unspecified atom stereocenters. The summed E-state index contributed by atoms with van der Waals surface area (Å²) in [7, 11) is 0. The van der Waals surface area contributed by atoms with E-state index in [1.54, 1.807) is 0 Å². The first-order valence-electron chi connectivity index (χ1n) is 4.73. The molecule has 1 aromatic rings. The van der Waals surface area contributed by atoms with Gasteiger partial charge >= 0.3 is 0 Å². The fourth-order valence-electron chi connectivity index (χ4n) is 1.89. The number of benzene rings is 1. The van der Waals surface area contributed by atoms with Gasteiger partial charge in [0, 0.05) is 0 Å². The summed E-state index contributed by atoms with van der Waals surface area (Å²) in [6, 6.07) is 6.63. The maximum absolute atomic E-state index is 5.55. The van der Waals surface area contributed by atoms with Gasteiger partial charge in [-0.15, -0.1) is 6.42 Å². The Balaban J connectivity index is 2.48. The summed E-state index contributed by atoms with van der Waals surface area (Å²) < 4.78 is 0. The van der Waals surface area contributed by atoms with Crippen molar-refractivity contribution >= 4 is 0 Å². The zero-order valence-corrected chi connectivity index (χ0v) is 8.22. The summed E-state index contributed by atoms with van der Waals surface area (Å²) in [6.07, 6.45) is 7.87. The third kappa shape index (κ3) is 1.35. The zero-order chi connectivity index (χ0) is 9.47. The van der Waals surface area contributed by atoms with Gasteiger partial charge < -0.3 is 0 Å². The summed E-state index contributed by atoms with van der Waals surface area (Å²) in [5.74, 6) is 2.92. The summed E-state index contributed by atoms with van der Waals surface area (Å²) in [5.41, 5.74) is 4.07. The van der Waals surface area contributed by atoms with Crippen LogP contribution in [0.2, 0.25) is 0 Å². The topological polar surface area (TPSA) is 0 Å². The lowest BCUT2D eigenvalue weighted by Crippen LogP contribution is -2.03. The van der Waals surface area contributed by atoms with Gasteiger partial charge in [-0.2, -0.15) is 0 Å². The van der Waals surface area contributed by atoms with E-state index in [1.165, 1.54) is 16.7 Å². The van der Waals surface area contributed by atoms with Gasteiger partial charge in [0.1, 0.15) is 0 Å². The van der Waals surface area contributed by atoms with Gasteiger partial charge in [-0.1, -0.05) is 35.2 Å². The molecule has 0 aromatic heterocycles. The van der Waals surface area contributed by atoms with Crippen LogP contribution in [0.3, 0.4) is 0 Å². The smallest absolute Gasteiger partial charge is 0.0561 e. The van der Waals surface area contributed by atoms with Crippen molar-refractivity contribution in [1.29, 1.82) is 0 Å². The van der Waals surface area contributed by atoms with E-state index < -0.39 is 0 Å². The first-order chi connectivity index (χ1) is 6.16. The van der Waals surface area contributed by atoms with Gasteiger partial charge in [0.05, 0.1) is 5.41 Å². The molecule has 1 saturated carbocycles. The van der Waals surface area contributed by atoms with E-state index in [0.717, 1.165) is 12.8 Å². The van der Waals surface area contributed by atoms with Crippen LogP contribution in [0.1, 0.15) is 29.5 Å². The lowest BCUT2D eigenvalue weighted by Gasteiger charge is -2.10. The number of hydrogen-bond donors (Lipinski definition) is 0. The summed E-state index contributed by atoms with van der Waals surface area (Å²) in [6.45, 7) is 4.26. The fourth-order valence-corrected chi connectivity index (χ4v) is 1.89. The van der Waals surface area contributed by atoms with Crippen LogP contribution in [0.4, 0.5) is 0 Å². The Bertz CT molecular complexity index is 355. The lowest BCUT2D eigenvalue weighted by atomic mass is 9.94. The molecule has 1 aliphatic carbocycles. The van der Waals surface area contributed by atoms with Crippen molar-refractivity contribution < 1.29 is 0 Å². The Kier molecular flexibility index (Phi) is 1.70. The highest BCUT2D eigenvalue weighted by atomic mass is 14.4. The molecule has 13 heavy (non-hydrogen) atoms. The average molecular weight is 170 g/mol. The van der Waals surface area contributed by atoms with Crippen LogP contribution in [-0.2, 0) is 5.41 Å². The highest BCUT2D eigenvalue weighted by molar-refractivity contribution is 5.44. The molecule has 0 heterocycles. The highest BCUT2D eigenvalue weighted by Gasteiger charge is 2.42. The molecule has 0 atom stereocenters. The van der Waals surface area contributed by atoms with Gasteiger partial charge in [-0.05, 0) is 32.3 Å². The molecule has 0 radical (unpaired) electrons. The molecular weight excluding hydrogens is 156 g/mol. The van der Waals surface area contributed by atoms with Crippen molar-refractivity contribution in [3.8, 4) is 12.3 Å². The third-order valence-corrected chi connectivity index (χ3v) is 2.80. The van der Waals surface area contributed by atoms with Crippen LogP contribution in [0.5, 0.6) is 0 Å². The number of terminal acetylenes is 1. The van der Waals surface area contributed by atoms with Gasteiger partial charge in [0.15, 0.2) is 0 Å². The van der Waals surface area contributed by atoms with Crippen molar-refractivity contribution in [3.05, 3.63) is 34.9 Å². The van der Waals surface area contributed by atoms with Crippen molar-refractivity contribution in [1.82, 2.24) is 0 Å². The van der Waals surface area contributed by atoms with Crippen LogP contribution in [-0.4, -0.2) is 0 Å². The highest BCUT2D eigenvalue weighted by Crippen LogP contribution is 2.47. The Hall–Kier alpha value is -1.22. The Morgan fingerprint density at radius 3 is 2.08 bits per heavy atom. The molecule has 1 fully saturated rings. The Morgan fingerprint density at radius 2 is 1.69 bits per heavy atom. The molecule has 0 heteroatoms. The molecule has 1 aromatic carbocycles. The molecule has 0 aliphatic heterocycles. The van der Waals surface area contributed by atoms with Crippen LogP contribution >= 0.6 is 0 Å². The van der Waals surface area contributed by atoms with Crippen LogP contribution in [0.25, 0.3) is 0 Å². The van der Waals surface area contributed by atoms with E-state index in [-0.39, 0.29) is 5.41 Å². The second kappa shape index (κ2) is 2.64. The van der Waals surface area contributed by atoms with E-state index in [0.29, 0.717) is 0 Å². The van der Waals surface area contributed by atoms with Gasteiger partial charge in [0.2, 0.25) is 0 Å². The SMILES string of the molecule is C#CC1(c2cc(C)cc(C)c2)CC1. The number of rotatable bonds is 1. The first kappa shape index (κ1) is 8.38. The molecule has 2 rings (SSSR count). The van der Waals surface area contributed by atoms with E-state index >= 15 is 0 Å². The van der Waals surface area contributed by atoms with Crippen LogP contribution in [0, 0.1) is 26.2 Å². The minimum absolute atomic E-state index is 0.0940. The molecule has 0 nitrogen and oxygen atoms in total. The predicted octanol–water partition coefficient (Wildman–Crippen LogP) is 2.97. The van der Waals surface area contributed by atoms with Gasteiger partial charge in [-0.3, -0.25) is 0 Å². The molecule has 1 aliphatic rings. The van der Waals surface area contributed by atoms with E-state index in [4.69, 9.17) is 6.42 Å². The first-order valence-corrected chi connectivity index (χ1v) is 4.73. The largest absolute Gasteiger partial charge is 0.119 e. The van der Waals surface area contributed by atoms with E-state index in [9.17, 15) is 0 Å². The zero-order valence-electron chi connectivity index (χ0n) is 8.22. The quantitative estimate of drug-likeness (QED) is 0.568. The summed E-state index contributed by atoms with van der Waals surface area (Å²) >= 11 is 0. The summed E-state index contributed by atoms with van der Waals surface area (Å²) in [5, 5.41) is 0. The average Bonchev–Trinajstić information content (AvgIpc) is 2.82. The molecule has 0 saturated heterocycles. The van der Waals surface area contributed by atoms with Crippen LogP contribution < -0.4 is 0 Å². The Labute approximate surface area is 80.0 Å². The third-order valence-electron chi connectivity index (χ3n) is 2.80. The van der Waals surface area contributed by atoms with Crippen LogP contribution in [0.15, 0.2) is 18.2 Å². The number of aryl methyl sites for hydroxylation is 2. The van der Waals surface area contributed by atoms with Crippen molar-refractivity contribution in [2.24, 2.45) is 0 Å². The summed E-state index contributed by atoms with van der Waals surface area (Å²) in [4.78, 5) is 0. The van der Waals surface area contributed by atoms with Crippen molar-refractivity contribution in [3.63, 3.8) is 0 Å². The molecule has 0 N–H and O–H groups in total. The molecule has 0 amide bonds. The maximum Gasteiger partial charge on any atom is 0.0561 e. The second-order valence-electron chi connectivity index (χ2n) is 4.10. The molecular formula is C13H14. The minimum Gasteiger partial charge on any atom is -0.119 e. The predicted molar refractivity (Wildman–Crippen MR) is 55.7 cm³/mol. The Morgan fingerprint density at radius 1 is 1.15 bits per heavy atom. The fraction of sp³-hybridized carbons (Fsp3) is 0.385. The van der Waals surface area contributed by atoms with Crippen molar-refractivity contribution in [2.45, 2.75) is 32.1 Å². The van der Waals surface area contributed by atoms with Gasteiger partial charge in [0.25, 0.3) is 0 Å². The maximum atomic E-state index is 5.55. The minimum atomic E-state index is 0.0940. The second-order valence-corrected chi connectivity index (χ2v) is 4.10. The monoisotopic (exact) mass is 170 g/mol. The van der Waals surface area contributed by atoms with Gasteiger partial charge in [-0.25, -0.2) is 0 Å².